The molecule has 34 heavy (non-hydrogen) atoms. The second-order valence-electron chi connectivity index (χ2n) is 7.86. The number of rotatable bonds is 7. The first-order valence-corrected chi connectivity index (χ1v) is 10.7. The molecule has 3 aromatic rings. The number of nitrogens with zero attached hydrogens (tertiary/aromatic N) is 1. The first-order chi connectivity index (χ1) is 16.4. The Morgan fingerprint density at radius 3 is 2.56 bits per heavy atom. The Hall–Kier alpha value is -4.20. The van der Waals surface area contributed by atoms with E-state index in [0.717, 1.165) is 11.1 Å². The van der Waals surface area contributed by atoms with Crippen molar-refractivity contribution in [1.29, 1.82) is 0 Å². The van der Waals surface area contributed by atoms with Gasteiger partial charge in [-0.3, -0.25) is 19.3 Å². The molecule has 0 aliphatic carbocycles. The Labute approximate surface area is 196 Å². The smallest absolute Gasteiger partial charge is 0.327 e. The van der Waals surface area contributed by atoms with Crippen molar-refractivity contribution in [2.75, 3.05) is 18.1 Å². The molecule has 1 atom stereocenters. The van der Waals surface area contributed by atoms with Gasteiger partial charge in [-0.2, -0.15) is 0 Å². The van der Waals surface area contributed by atoms with Crippen LogP contribution in [0.2, 0.25) is 0 Å². The van der Waals surface area contributed by atoms with Crippen LogP contribution in [0.15, 0.2) is 72.8 Å². The van der Waals surface area contributed by atoms with E-state index in [1.807, 2.05) is 43.3 Å². The number of esters is 1. The number of ether oxygens (including phenoxy) is 2. The third-order valence-electron chi connectivity index (χ3n) is 5.31. The lowest BCUT2D eigenvalue weighted by Gasteiger charge is -2.29. The molecule has 1 N–H and O–H groups in total. The van der Waals surface area contributed by atoms with E-state index in [2.05, 4.69) is 5.32 Å². The Balaban J connectivity index is 1.51. The first-order valence-electron chi connectivity index (χ1n) is 10.7. The van der Waals surface area contributed by atoms with Crippen molar-refractivity contribution >= 4 is 23.5 Å². The number of fused-ring (bicyclic) bond motifs is 1. The molecule has 7 nitrogen and oxygen atoms in total. The zero-order chi connectivity index (χ0) is 24.1. The van der Waals surface area contributed by atoms with Gasteiger partial charge in [-0.25, -0.2) is 4.39 Å². The molecule has 174 valence electrons. The number of aryl methyl sites for hydroxylation is 1. The summed E-state index contributed by atoms with van der Waals surface area (Å²) in [5.41, 5.74) is 2.52. The van der Waals surface area contributed by atoms with E-state index in [-0.39, 0.29) is 13.2 Å². The van der Waals surface area contributed by atoms with Crippen molar-refractivity contribution in [3.05, 3.63) is 95.3 Å². The summed E-state index contributed by atoms with van der Waals surface area (Å²) >= 11 is 0. The summed E-state index contributed by atoms with van der Waals surface area (Å²) in [5, 5.41) is 2.74. The van der Waals surface area contributed by atoms with Crippen LogP contribution < -0.4 is 15.0 Å². The van der Waals surface area contributed by atoms with Crippen LogP contribution in [0.3, 0.4) is 0 Å². The molecule has 1 aliphatic rings. The predicted molar refractivity (Wildman–Crippen MR) is 123 cm³/mol. The van der Waals surface area contributed by atoms with Crippen LogP contribution >= 0.6 is 0 Å². The molecule has 2 amide bonds. The topological polar surface area (TPSA) is 84.9 Å². The fourth-order valence-electron chi connectivity index (χ4n) is 3.57. The largest absolute Gasteiger partial charge is 0.482 e. The molecule has 1 aliphatic heterocycles. The molecule has 0 aromatic heterocycles. The number of nitrogens with one attached hydrogen (secondary N) is 1. The van der Waals surface area contributed by atoms with Gasteiger partial charge in [0.05, 0.1) is 5.69 Å². The second-order valence-corrected chi connectivity index (χ2v) is 7.86. The number of amides is 2. The molecular formula is C26H23FN2O5. The van der Waals surface area contributed by atoms with Gasteiger partial charge >= 0.3 is 5.97 Å². The van der Waals surface area contributed by atoms with Gasteiger partial charge in [0.2, 0.25) is 6.10 Å². The lowest BCUT2D eigenvalue weighted by Crippen LogP contribution is -2.43. The lowest BCUT2D eigenvalue weighted by atomic mass is 10.1. The zero-order valence-corrected chi connectivity index (χ0v) is 18.5. The molecule has 0 bridgehead atoms. The highest BCUT2D eigenvalue weighted by Gasteiger charge is 2.31. The first kappa shape index (κ1) is 23.0. The number of benzene rings is 3. The Bertz CT molecular complexity index is 1200. The fraction of sp³-hybridized carbons (Fsp3) is 0.192. The molecule has 3 aromatic carbocycles. The molecule has 8 heteroatoms. The van der Waals surface area contributed by atoms with Gasteiger partial charge < -0.3 is 14.8 Å². The molecule has 1 heterocycles. The lowest BCUT2D eigenvalue weighted by molar-refractivity contribution is -0.155. The van der Waals surface area contributed by atoms with E-state index in [1.165, 1.54) is 29.2 Å². The van der Waals surface area contributed by atoms with Crippen LogP contribution in [0, 0.1) is 12.7 Å². The molecule has 0 saturated carbocycles. The molecule has 0 fully saturated rings. The van der Waals surface area contributed by atoms with Crippen molar-refractivity contribution in [3.63, 3.8) is 0 Å². The van der Waals surface area contributed by atoms with Gasteiger partial charge in [0.25, 0.3) is 11.8 Å². The maximum Gasteiger partial charge on any atom is 0.327 e. The monoisotopic (exact) mass is 462 g/mol. The molecule has 0 saturated heterocycles. The Morgan fingerprint density at radius 1 is 1.09 bits per heavy atom. The van der Waals surface area contributed by atoms with Gasteiger partial charge in [-0.05, 0) is 42.3 Å². The Kier molecular flexibility index (Phi) is 6.87. The number of anilines is 1. The quantitative estimate of drug-likeness (QED) is 0.544. The van der Waals surface area contributed by atoms with Crippen molar-refractivity contribution in [3.8, 4) is 5.75 Å². The van der Waals surface area contributed by atoms with Gasteiger partial charge in [0, 0.05) is 12.1 Å². The Morgan fingerprint density at radius 2 is 1.82 bits per heavy atom. The number of hydrogen-bond donors (Lipinski definition) is 1. The second kappa shape index (κ2) is 10.2. The normalized spacial score (nSPS) is 13.5. The third kappa shape index (κ3) is 5.40. The molecule has 0 spiro atoms. The van der Waals surface area contributed by atoms with Crippen LogP contribution in [0.1, 0.15) is 22.8 Å². The van der Waals surface area contributed by atoms with Crippen LogP contribution in [-0.2, 0) is 25.7 Å². The van der Waals surface area contributed by atoms with Crippen LogP contribution in [-0.4, -0.2) is 30.9 Å². The molecule has 0 radical (unpaired) electrons. The van der Waals surface area contributed by atoms with Crippen LogP contribution in [0.5, 0.6) is 5.75 Å². The molecule has 4 rings (SSSR count). The van der Waals surface area contributed by atoms with Crippen LogP contribution in [0.4, 0.5) is 10.1 Å². The van der Waals surface area contributed by atoms with Crippen LogP contribution in [0.25, 0.3) is 0 Å². The van der Waals surface area contributed by atoms with Gasteiger partial charge in [-0.15, -0.1) is 0 Å². The minimum absolute atomic E-state index is 0.206. The fourth-order valence-corrected chi connectivity index (χ4v) is 3.57. The van der Waals surface area contributed by atoms with Gasteiger partial charge in [-0.1, -0.05) is 48.5 Å². The summed E-state index contributed by atoms with van der Waals surface area (Å²) < 4.78 is 24.4. The van der Waals surface area contributed by atoms with E-state index in [9.17, 15) is 18.8 Å². The minimum Gasteiger partial charge on any atom is -0.482 e. The number of hydrogen-bond acceptors (Lipinski definition) is 5. The van der Waals surface area contributed by atoms with E-state index >= 15 is 0 Å². The van der Waals surface area contributed by atoms with Gasteiger partial charge in [0.15, 0.2) is 6.61 Å². The van der Waals surface area contributed by atoms with Gasteiger partial charge in [0.1, 0.15) is 18.1 Å². The number of halogens is 1. The average Bonchev–Trinajstić information content (AvgIpc) is 2.84. The summed E-state index contributed by atoms with van der Waals surface area (Å²) in [6, 6.07) is 19.7. The van der Waals surface area contributed by atoms with E-state index < -0.39 is 36.2 Å². The van der Waals surface area contributed by atoms with Crippen molar-refractivity contribution < 1.29 is 28.2 Å². The maximum atomic E-state index is 13.4. The highest BCUT2D eigenvalue weighted by molar-refractivity contribution is 6.01. The van der Waals surface area contributed by atoms with Crippen molar-refractivity contribution in [2.24, 2.45) is 0 Å². The van der Waals surface area contributed by atoms with E-state index in [1.54, 1.807) is 12.1 Å². The zero-order valence-electron chi connectivity index (χ0n) is 18.5. The minimum atomic E-state index is -1.31. The summed E-state index contributed by atoms with van der Waals surface area (Å²) in [6.07, 6.45) is -1.31. The van der Waals surface area contributed by atoms with Crippen molar-refractivity contribution in [2.45, 2.75) is 19.6 Å². The third-order valence-corrected chi connectivity index (χ3v) is 5.31. The van der Waals surface area contributed by atoms with E-state index in [4.69, 9.17) is 9.47 Å². The summed E-state index contributed by atoms with van der Waals surface area (Å²) in [5.74, 6) is -1.75. The summed E-state index contributed by atoms with van der Waals surface area (Å²) in [7, 11) is 0. The highest BCUT2D eigenvalue weighted by atomic mass is 19.1. The van der Waals surface area contributed by atoms with Crippen molar-refractivity contribution in [1.82, 2.24) is 5.32 Å². The number of carbonyl (C=O) groups excluding carboxylic acids is 3. The van der Waals surface area contributed by atoms with E-state index in [0.29, 0.717) is 17.0 Å². The number of carbonyl (C=O) groups is 3. The average molecular weight is 462 g/mol. The highest BCUT2D eigenvalue weighted by Crippen LogP contribution is 2.33. The predicted octanol–water partition coefficient (Wildman–Crippen LogP) is 3.46. The summed E-state index contributed by atoms with van der Waals surface area (Å²) in [4.78, 5) is 39.6. The maximum absolute atomic E-state index is 13.4. The standard InChI is InChI=1S/C26H23FN2O5/c1-17-7-12-22-21(13-17)29(23(30)16-33-22)15-24(31)34-25(19-8-10-20(27)11-9-19)26(32)28-14-18-5-3-2-4-6-18/h2-13,25H,14-16H2,1H3,(H,28,32)/t25-/m1/s1. The SMILES string of the molecule is Cc1ccc2c(c1)N(CC(=O)O[C@@H](C(=O)NCc1ccccc1)c1ccc(F)cc1)C(=O)CO2. The summed E-state index contributed by atoms with van der Waals surface area (Å²) in [6.45, 7) is 1.48. The molecule has 0 unspecified atom stereocenters. The molecular weight excluding hydrogens is 439 g/mol.